The minimum atomic E-state index is -2.61. The van der Waals surface area contributed by atoms with Crippen LogP contribution < -0.4 is 5.32 Å². The summed E-state index contributed by atoms with van der Waals surface area (Å²) in [6.07, 6.45) is 2.85. The van der Waals surface area contributed by atoms with Crippen molar-refractivity contribution >= 4 is 12.2 Å². The maximum atomic E-state index is 13.2. The van der Waals surface area contributed by atoms with Crippen LogP contribution in [0.15, 0.2) is 16.8 Å². The van der Waals surface area contributed by atoms with Crippen molar-refractivity contribution in [2.75, 3.05) is 13.1 Å². The van der Waals surface area contributed by atoms with Crippen LogP contribution in [0, 0.1) is 0 Å². The topological polar surface area (TPSA) is 64.9 Å². The van der Waals surface area contributed by atoms with Gasteiger partial charge in [-0.3, -0.25) is 4.90 Å². The molecule has 0 aromatic rings. The van der Waals surface area contributed by atoms with Gasteiger partial charge < -0.3 is 10.4 Å². The number of carboxylic acids is 1. The number of hydrogen-bond donors (Lipinski definition) is 2. The normalized spacial score (nSPS) is 30.6. The molecule has 5 nitrogen and oxygen atoms in total. The number of nitrogens with zero attached hydrogens (tertiary/aromatic N) is 2. The summed E-state index contributed by atoms with van der Waals surface area (Å²) < 4.78 is 26.3. The molecule has 0 radical (unpaired) electrons. The van der Waals surface area contributed by atoms with Crippen molar-refractivity contribution < 1.29 is 18.7 Å². The zero-order valence-corrected chi connectivity index (χ0v) is 10.7. The summed E-state index contributed by atoms with van der Waals surface area (Å²) in [5.74, 6) is -4.47. The molecular weight excluding hydrogens is 256 g/mol. The Morgan fingerprint density at radius 1 is 1.53 bits per heavy atom. The SMILES string of the molecule is CCC1(N2CCC(F)(F)CC2)N=CC(C(=O)O)=CN1. The smallest absolute Gasteiger partial charge is 0.338 e. The number of aliphatic carboxylic acids is 1. The molecule has 1 fully saturated rings. The Morgan fingerprint density at radius 2 is 2.16 bits per heavy atom. The largest absolute Gasteiger partial charge is 0.478 e. The quantitative estimate of drug-likeness (QED) is 0.816. The number of nitrogens with one attached hydrogen (secondary N) is 1. The number of carboxylic acid groups (broad SMARTS) is 1. The third-order valence-corrected chi connectivity index (χ3v) is 3.63. The van der Waals surface area contributed by atoms with Gasteiger partial charge in [0, 0.05) is 44.8 Å². The van der Waals surface area contributed by atoms with Crippen molar-refractivity contribution in [3.05, 3.63) is 11.8 Å². The summed E-state index contributed by atoms with van der Waals surface area (Å²) >= 11 is 0. The van der Waals surface area contributed by atoms with E-state index in [2.05, 4.69) is 10.3 Å². The molecule has 0 amide bonds. The fourth-order valence-corrected chi connectivity index (χ4v) is 2.35. The molecule has 0 saturated carbocycles. The van der Waals surface area contributed by atoms with Crippen LogP contribution >= 0.6 is 0 Å². The minimum absolute atomic E-state index is 0.0615. The van der Waals surface area contributed by atoms with Gasteiger partial charge >= 0.3 is 5.97 Å². The van der Waals surface area contributed by atoms with Gasteiger partial charge in [0.25, 0.3) is 5.92 Å². The highest BCUT2D eigenvalue weighted by Crippen LogP contribution is 2.32. The number of alkyl halides is 2. The van der Waals surface area contributed by atoms with E-state index in [1.54, 1.807) is 0 Å². The number of carbonyl (C=O) groups is 1. The highest BCUT2D eigenvalue weighted by atomic mass is 19.3. The van der Waals surface area contributed by atoms with Gasteiger partial charge in [0.2, 0.25) is 0 Å². The van der Waals surface area contributed by atoms with E-state index in [9.17, 15) is 13.6 Å². The van der Waals surface area contributed by atoms with E-state index in [4.69, 9.17) is 5.11 Å². The van der Waals surface area contributed by atoms with Gasteiger partial charge in [-0.25, -0.2) is 18.6 Å². The lowest BCUT2D eigenvalue weighted by Crippen LogP contribution is -2.60. The Bertz CT molecular complexity index is 427. The molecule has 0 spiro atoms. The summed E-state index contributed by atoms with van der Waals surface area (Å²) in [7, 11) is 0. The molecule has 0 aromatic heterocycles. The predicted molar refractivity (Wildman–Crippen MR) is 66.1 cm³/mol. The van der Waals surface area contributed by atoms with Crippen molar-refractivity contribution in [2.45, 2.75) is 37.9 Å². The Morgan fingerprint density at radius 3 is 2.58 bits per heavy atom. The van der Waals surface area contributed by atoms with E-state index >= 15 is 0 Å². The van der Waals surface area contributed by atoms with Gasteiger partial charge in [-0.1, -0.05) is 6.92 Å². The molecule has 0 aliphatic carbocycles. The summed E-state index contributed by atoms with van der Waals surface area (Å²) in [5, 5.41) is 11.8. The molecule has 1 atom stereocenters. The van der Waals surface area contributed by atoms with E-state index in [0.717, 1.165) is 0 Å². The van der Waals surface area contributed by atoms with E-state index in [-0.39, 0.29) is 31.5 Å². The minimum Gasteiger partial charge on any atom is -0.478 e. The molecule has 2 N–H and O–H groups in total. The maximum Gasteiger partial charge on any atom is 0.338 e. The first kappa shape index (κ1) is 13.9. The van der Waals surface area contributed by atoms with Crippen molar-refractivity contribution in [3.63, 3.8) is 0 Å². The fourth-order valence-electron chi connectivity index (χ4n) is 2.35. The van der Waals surface area contributed by atoms with Gasteiger partial charge in [-0.15, -0.1) is 0 Å². The van der Waals surface area contributed by atoms with Crippen molar-refractivity contribution in [1.29, 1.82) is 0 Å². The number of piperidine rings is 1. The lowest BCUT2D eigenvalue weighted by molar-refractivity contribution is -0.132. The zero-order valence-electron chi connectivity index (χ0n) is 10.7. The molecule has 2 aliphatic heterocycles. The Hall–Kier alpha value is -1.50. The van der Waals surface area contributed by atoms with Gasteiger partial charge in [-0.05, 0) is 0 Å². The van der Waals surface area contributed by atoms with Crippen LogP contribution in [0.3, 0.4) is 0 Å². The van der Waals surface area contributed by atoms with Crippen LogP contribution in [0.2, 0.25) is 0 Å². The van der Waals surface area contributed by atoms with E-state index in [1.165, 1.54) is 12.4 Å². The number of likely N-dealkylation sites (tertiary alicyclic amines) is 1. The summed E-state index contributed by atoms with van der Waals surface area (Å²) in [5.41, 5.74) is 0.0615. The van der Waals surface area contributed by atoms with E-state index in [0.29, 0.717) is 6.42 Å². The molecule has 0 aromatic carbocycles. The highest BCUT2D eigenvalue weighted by Gasteiger charge is 2.42. The van der Waals surface area contributed by atoms with E-state index in [1.807, 2.05) is 11.8 Å². The highest BCUT2D eigenvalue weighted by molar-refractivity contribution is 6.08. The second-order valence-electron chi connectivity index (χ2n) is 4.82. The van der Waals surface area contributed by atoms with Gasteiger partial charge in [0.15, 0.2) is 5.79 Å². The lowest BCUT2D eigenvalue weighted by Gasteiger charge is -2.45. The molecule has 106 valence electrons. The average Bonchev–Trinajstić information content (AvgIpc) is 2.38. The molecule has 1 unspecified atom stereocenters. The maximum absolute atomic E-state index is 13.2. The van der Waals surface area contributed by atoms with E-state index < -0.39 is 17.7 Å². The third-order valence-electron chi connectivity index (χ3n) is 3.63. The fraction of sp³-hybridized carbons (Fsp3) is 0.667. The van der Waals surface area contributed by atoms with Crippen molar-refractivity contribution in [2.24, 2.45) is 4.99 Å². The summed E-state index contributed by atoms with van der Waals surface area (Å²) in [6, 6.07) is 0. The standard InChI is InChI=1S/C12H17F2N3O2/c1-2-12(15-7-9(8-16-12)10(18)19)17-5-3-11(13,14)4-6-17/h7-8,15H,2-6H2,1H3,(H,18,19). The molecule has 7 heteroatoms. The Kier molecular flexibility index (Phi) is 3.58. The molecule has 2 heterocycles. The summed E-state index contributed by atoms with van der Waals surface area (Å²) in [6.45, 7) is 2.36. The molecule has 1 saturated heterocycles. The van der Waals surface area contributed by atoms with Crippen LogP contribution in [-0.4, -0.2) is 47.0 Å². The van der Waals surface area contributed by atoms with Gasteiger partial charge in [0.1, 0.15) is 0 Å². The first-order valence-corrected chi connectivity index (χ1v) is 6.28. The first-order chi connectivity index (χ1) is 8.88. The van der Waals surface area contributed by atoms with Crippen molar-refractivity contribution in [3.8, 4) is 0 Å². The Balaban J connectivity index is 2.10. The predicted octanol–water partition coefficient (Wildman–Crippen LogP) is 1.42. The monoisotopic (exact) mass is 273 g/mol. The first-order valence-electron chi connectivity index (χ1n) is 6.28. The zero-order chi connectivity index (χ0) is 14.1. The van der Waals surface area contributed by atoms with Crippen molar-refractivity contribution in [1.82, 2.24) is 10.2 Å². The molecule has 2 aliphatic rings. The van der Waals surface area contributed by atoms with Crippen LogP contribution in [-0.2, 0) is 4.79 Å². The number of halogens is 2. The molecule has 0 bridgehead atoms. The van der Waals surface area contributed by atoms with Gasteiger partial charge in [-0.2, -0.15) is 0 Å². The summed E-state index contributed by atoms with van der Waals surface area (Å²) in [4.78, 5) is 16.9. The Labute approximate surface area is 110 Å². The molecule has 19 heavy (non-hydrogen) atoms. The van der Waals surface area contributed by atoms with Gasteiger partial charge in [0.05, 0.1) is 5.57 Å². The van der Waals surface area contributed by atoms with Crippen LogP contribution in [0.5, 0.6) is 0 Å². The number of hydrogen-bond acceptors (Lipinski definition) is 4. The second kappa shape index (κ2) is 4.88. The third kappa shape index (κ3) is 2.75. The number of rotatable bonds is 3. The second-order valence-corrected chi connectivity index (χ2v) is 4.82. The lowest BCUT2D eigenvalue weighted by atomic mass is 10.0. The number of aliphatic imine (C=N–C) groups is 1. The van der Waals surface area contributed by atoms with Crippen LogP contribution in [0.25, 0.3) is 0 Å². The molecule has 2 rings (SSSR count). The van der Waals surface area contributed by atoms with Crippen LogP contribution in [0.4, 0.5) is 8.78 Å². The average molecular weight is 273 g/mol. The van der Waals surface area contributed by atoms with Crippen LogP contribution in [0.1, 0.15) is 26.2 Å². The molecular formula is C12H17F2N3O2.